The number of amides is 1. The number of carbonyl (C=O) groups excluding carboxylic acids is 1. The fourth-order valence-electron chi connectivity index (χ4n) is 0.929. The average Bonchev–Trinajstić information content (AvgIpc) is 2.04. The van der Waals surface area contributed by atoms with Crippen molar-refractivity contribution in [1.29, 1.82) is 0 Å². The highest BCUT2D eigenvalue weighted by atomic mass is 32.2. The van der Waals surface area contributed by atoms with Crippen LogP contribution in [0.2, 0.25) is 0 Å². The summed E-state index contributed by atoms with van der Waals surface area (Å²) < 4.78 is 0. The van der Waals surface area contributed by atoms with Gasteiger partial charge in [0.1, 0.15) is 0 Å². The molecule has 1 amide bonds. The third-order valence-corrected chi connectivity index (χ3v) is 2.58. The molecule has 5 N–H and O–H groups in total. The van der Waals surface area contributed by atoms with Crippen molar-refractivity contribution in [3.63, 3.8) is 0 Å². The third kappa shape index (κ3) is 6.86. The van der Waals surface area contributed by atoms with Gasteiger partial charge in [-0.25, -0.2) is 0 Å². The standard InChI is InChI=1S/C8H19N3OS/c1-6(5-13-2)3-11-4-7(9)8(10)12/h6-7,11H,3-5,9H2,1-2H3,(H2,10,12). The van der Waals surface area contributed by atoms with Crippen molar-refractivity contribution in [1.82, 2.24) is 5.32 Å². The van der Waals surface area contributed by atoms with Crippen LogP contribution in [0.15, 0.2) is 0 Å². The number of primary amides is 1. The highest BCUT2D eigenvalue weighted by Crippen LogP contribution is 2.02. The van der Waals surface area contributed by atoms with E-state index in [4.69, 9.17) is 11.5 Å². The minimum absolute atomic E-state index is 0.454. The van der Waals surface area contributed by atoms with Crippen LogP contribution in [0.1, 0.15) is 6.92 Å². The van der Waals surface area contributed by atoms with E-state index in [-0.39, 0.29) is 0 Å². The average molecular weight is 205 g/mol. The predicted molar refractivity (Wildman–Crippen MR) is 57.6 cm³/mol. The Bertz CT molecular complexity index is 154. The largest absolute Gasteiger partial charge is 0.368 e. The molecule has 78 valence electrons. The molecular formula is C8H19N3OS. The molecule has 13 heavy (non-hydrogen) atoms. The minimum Gasteiger partial charge on any atom is -0.368 e. The molecule has 2 unspecified atom stereocenters. The summed E-state index contributed by atoms with van der Waals surface area (Å²) in [4.78, 5) is 10.6. The van der Waals surface area contributed by atoms with Crippen LogP contribution in [0, 0.1) is 5.92 Å². The molecule has 0 radical (unpaired) electrons. The number of rotatable bonds is 7. The van der Waals surface area contributed by atoms with Crippen LogP contribution in [0.3, 0.4) is 0 Å². The van der Waals surface area contributed by atoms with Gasteiger partial charge >= 0.3 is 0 Å². The zero-order valence-corrected chi connectivity index (χ0v) is 9.06. The van der Waals surface area contributed by atoms with Gasteiger partial charge < -0.3 is 16.8 Å². The van der Waals surface area contributed by atoms with Crippen molar-refractivity contribution in [3.05, 3.63) is 0 Å². The Morgan fingerprint density at radius 2 is 2.15 bits per heavy atom. The van der Waals surface area contributed by atoms with Gasteiger partial charge in [-0.05, 0) is 24.5 Å². The third-order valence-electron chi connectivity index (χ3n) is 1.67. The number of nitrogens with two attached hydrogens (primary N) is 2. The van der Waals surface area contributed by atoms with Crippen LogP contribution in [0.5, 0.6) is 0 Å². The Labute approximate surface area is 83.8 Å². The Morgan fingerprint density at radius 3 is 2.62 bits per heavy atom. The molecule has 0 spiro atoms. The van der Waals surface area contributed by atoms with Crippen LogP contribution in [-0.4, -0.2) is 37.0 Å². The number of hydrogen-bond acceptors (Lipinski definition) is 4. The second-order valence-corrected chi connectivity index (χ2v) is 4.14. The van der Waals surface area contributed by atoms with Gasteiger partial charge in [-0.2, -0.15) is 11.8 Å². The lowest BCUT2D eigenvalue weighted by Crippen LogP contribution is -2.45. The Kier molecular flexibility index (Phi) is 7.03. The first kappa shape index (κ1) is 12.7. The summed E-state index contributed by atoms with van der Waals surface area (Å²) in [7, 11) is 0. The van der Waals surface area contributed by atoms with Gasteiger partial charge in [0.15, 0.2) is 0 Å². The van der Waals surface area contributed by atoms with Gasteiger partial charge in [0, 0.05) is 6.54 Å². The fraction of sp³-hybridized carbons (Fsp3) is 0.875. The summed E-state index contributed by atoms with van der Waals surface area (Å²) in [6.45, 7) is 3.50. The van der Waals surface area contributed by atoms with Gasteiger partial charge in [-0.3, -0.25) is 4.79 Å². The van der Waals surface area contributed by atoms with Crippen molar-refractivity contribution in [3.8, 4) is 0 Å². The first-order valence-corrected chi connectivity index (χ1v) is 5.71. The molecule has 0 saturated heterocycles. The highest BCUT2D eigenvalue weighted by Gasteiger charge is 2.08. The summed E-state index contributed by atoms with van der Waals surface area (Å²) in [5.74, 6) is 1.25. The molecule has 0 rings (SSSR count). The summed E-state index contributed by atoms with van der Waals surface area (Å²) in [5.41, 5.74) is 10.4. The van der Waals surface area contributed by atoms with Crippen molar-refractivity contribution >= 4 is 17.7 Å². The predicted octanol–water partition coefficient (Wildman–Crippen LogP) is -0.612. The molecule has 0 bridgehead atoms. The maximum Gasteiger partial charge on any atom is 0.235 e. The second-order valence-electron chi connectivity index (χ2n) is 3.23. The first-order chi connectivity index (χ1) is 6.07. The van der Waals surface area contributed by atoms with Crippen molar-refractivity contribution in [2.75, 3.05) is 25.1 Å². The van der Waals surface area contributed by atoms with Crippen molar-refractivity contribution in [2.45, 2.75) is 13.0 Å². The molecule has 2 atom stereocenters. The Balaban J connectivity index is 3.39. The molecule has 0 aromatic heterocycles. The van der Waals surface area contributed by atoms with Crippen LogP contribution in [0.25, 0.3) is 0 Å². The fourth-order valence-corrected chi connectivity index (χ4v) is 1.62. The summed E-state index contributed by atoms with van der Waals surface area (Å²) in [6.07, 6.45) is 2.08. The lowest BCUT2D eigenvalue weighted by Gasteiger charge is -2.13. The molecule has 0 heterocycles. The molecule has 4 nitrogen and oxygen atoms in total. The van der Waals surface area contributed by atoms with Crippen LogP contribution < -0.4 is 16.8 Å². The normalized spacial score (nSPS) is 15.3. The van der Waals surface area contributed by atoms with E-state index in [9.17, 15) is 4.79 Å². The molecule has 0 fully saturated rings. The van der Waals surface area contributed by atoms with Gasteiger partial charge in [0.05, 0.1) is 6.04 Å². The molecule has 0 saturated carbocycles. The lowest BCUT2D eigenvalue weighted by atomic mass is 10.2. The van der Waals surface area contributed by atoms with E-state index in [1.807, 2.05) is 11.8 Å². The van der Waals surface area contributed by atoms with Gasteiger partial charge in [-0.1, -0.05) is 6.92 Å². The highest BCUT2D eigenvalue weighted by molar-refractivity contribution is 7.98. The van der Waals surface area contributed by atoms with Crippen LogP contribution in [0.4, 0.5) is 0 Å². The maximum absolute atomic E-state index is 10.6. The van der Waals surface area contributed by atoms with E-state index < -0.39 is 11.9 Å². The molecule has 5 heteroatoms. The summed E-state index contributed by atoms with van der Waals surface area (Å²) in [6, 6.07) is -0.568. The number of thioether (sulfide) groups is 1. The molecule has 0 aromatic rings. The van der Waals surface area contributed by atoms with Gasteiger partial charge in [0.25, 0.3) is 0 Å². The molecule has 0 aliphatic heterocycles. The smallest absolute Gasteiger partial charge is 0.235 e. The Morgan fingerprint density at radius 1 is 1.54 bits per heavy atom. The zero-order valence-electron chi connectivity index (χ0n) is 8.25. The first-order valence-electron chi connectivity index (χ1n) is 4.32. The van der Waals surface area contributed by atoms with E-state index in [1.165, 1.54) is 0 Å². The zero-order chi connectivity index (χ0) is 10.3. The Hall–Kier alpha value is -0.260. The summed E-state index contributed by atoms with van der Waals surface area (Å²) >= 11 is 1.81. The van der Waals surface area contributed by atoms with E-state index in [0.717, 1.165) is 12.3 Å². The van der Waals surface area contributed by atoms with E-state index in [1.54, 1.807) is 0 Å². The van der Waals surface area contributed by atoms with Crippen molar-refractivity contribution < 1.29 is 4.79 Å². The lowest BCUT2D eigenvalue weighted by molar-refractivity contribution is -0.119. The van der Waals surface area contributed by atoms with E-state index in [0.29, 0.717) is 12.5 Å². The molecule has 0 aliphatic carbocycles. The number of hydrogen-bond donors (Lipinski definition) is 3. The van der Waals surface area contributed by atoms with Crippen molar-refractivity contribution in [2.24, 2.45) is 17.4 Å². The molecule has 0 aliphatic rings. The van der Waals surface area contributed by atoms with Crippen LogP contribution in [-0.2, 0) is 4.79 Å². The van der Waals surface area contributed by atoms with Crippen LogP contribution >= 0.6 is 11.8 Å². The maximum atomic E-state index is 10.6. The molecular weight excluding hydrogens is 186 g/mol. The van der Waals surface area contributed by atoms with E-state index in [2.05, 4.69) is 18.5 Å². The monoisotopic (exact) mass is 205 g/mol. The molecule has 0 aromatic carbocycles. The van der Waals surface area contributed by atoms with Gasteiger partial charge in [0.2, 0.25) is 5.91 Å². The number of nitrogens with one attached hydrogen (secondary N) is 1. The minimum atomic E-state index is -0.568. The quantitative estimate of drug-likeness (QED) is 0.518. The topological polar surface area (TPSA) is 81.1 Å². The van der Waals surface area contributed by atoms with E-state index >= 15 is 0 Å². The second kappa shape index (κ2) is 7.17. The summed E-state index contributed by atoms with van der Waals surface area (Å²) in [5, 5.41) is 3.11. The SMILES string of the molecule is CSCC(C)CNCC(N)C(N)=O. The number of carbonyl (C=O) groups is 1. The van der Waals surface area contributed by atoms with Gasteiger partial charge in [-0.15, -0.1) is 0 Å².